The van der Waals surface area contributed by atoms with E-state index in [2.05, 4.69) is 13.7 Å². The first-order chi connectivity index (χ1) is 11.0. The van der Waals surface area contributed by atoms with E-state index in [9.17, 15) is 18.0 Å². The van der Waals surface area contributed by atoms with Crippen molar-refractivity contribution in [2.45, 2.75) is 31.5 Å². The van der Waals surface area contributed by atoms with E-state index in [1.54, 1.807) is 6.07 Å². The number of nitrogens with zero attached hydrogens (tertiary/aromatic N) is 4. The summed E-state index contributed by atoms with van der Waals surface area (Å²) >= 11 is 0.791. The zero-order valence-electron chi connectivity index (χ0n) is 12.0. The van der Waals surface area contributed by atoms with Gasteiger partial charge in [-0.1, -0.05) is 6.07 Å². The number of alkyl halides is 3. The van der Waals surface area contributed by atoms with Crippen LogP contribution in [0.25, 0.3) is 0 Å². The number of hydrogen-bond donors (Lipinski definition) is 0. The van der Waals surface area contributed by atoms with Gasteiger partial charge < -0.3 is 4.90 Å². The van der Waals surface area contributed by atoms with Crippen LogP contribution in [0, 0.1) is 0 Å². The van der Waals surface area contributed by atoms with Crippen LogP contribution in [-0.4, -0.2) is 37.3 Å². The maximum Gasteiger partial charge on any atom is 0.406 e. The molecule has 2 heterocycles. The van der Waals surface area contributed by atoms with E-state index < -0.39 is 24.7 Å². The lowest BCUT2D eigenvalue weighted by molar-refractivity contribution is -0.145. The Morgan fingerprint density at radius 2 is 2.26 bits per heavy atom. The average Bonchev–Trinajstić information content (AvgIpc) is 3.05. The van der Waals surface area contributed by atoms with Gasteiger partial charge in [0.25, 0.3) is 5.91 Å². The minimum atomic E-state index is -4.49. The van der Waals surface area contributed by atoms with E-state index in [1.165, 1.54) is 12.4 Å². The maximum atomic E-state index is 13.0. The average molecular weight is 342 g/mol. The third-order valence-corrected chi connectivity index (χ3v) is 4.21. The summed E-state index contributed by atoms with van der Waals surface area (Å²) in [5.41, 5.74) is 1.36. The van der Waals surface area contributed by atoms with Crippen molar-refractivity contribution in [3.8, 4) is 0 Å². The second kappa shape index (κ2) is 6.23. The number of hydrogen-bond acceptors (Lipinski definition) is 5. The highest BCUT2D eigenvalue weighted by molar-refractivity contribution is 6.99. The Labute approximate surface area is 134 Å². The number of rotatable bonds is 3. The number of aromatic nitrogens is 3. The van der Waals surface area contributed by atoms with Gasteiger partial charge in [-0.3, -0.25) is 9.78 Å². The van der Waals surface area contributed by atoms with Gasteiger partial charge in [-0.25, -0.2) is 0 Å². The van der Waals surface area contributed by atoms with Crippen LogP contribution in [-0.2, 0) is 6.42 Å². The minimum absolute atomic E-state index is 0.0673. The van der Waals surface area contributed by atoms with Crippen LogP contribution in [0.15, 0.2) is 24.5 Å². The Kier molecular flexibility index (Phi) is 4.29. The van der Waals surface area contributed by atoms with Crippen LogP contribution >= 0.6 is 11.7 Å². The summed E-state index contributed by atoms with van der Waals surface area (Å²) in [7, 11) is 0. The molecule has 5 nitrogen and oxygen atoms in total. The molecular formula is C14H13F3N4OS. The van der Waals surface area contributed by atoms with Gasteiger partial charge in [-0.15, -0.1) is 0 Å². The summed E-state index contributed by atoms with van der Waals surface area (Å²) in [5, 5.41) is 0. The molecule has 0 aliphatic heterocycles. The quantitative estimate of drug-likeness (QED) is 0.860. The van der Waals surface area contributed by atoms with Gasteiger partial charge in [0.2, 0.25) is 0 Å². The molecule has 3 rings (SSSR count). The molecule has 23 heavy (non-hydrogen) atoms. The van der Waals surface area contributed by atoms with Gasteiger partial charge >= 0.3 is 6.18 Å². The molecular weight excluding hydrogens is 329 g/mol. The standard InChI is InChI=1S/C14H13F3N4OS/c15-14(16,17)8-21(13(22)10-7-19-23-20-10)11-5-1-3-9-4-2-6-18-12(9)11/h2,4,6-7,11H,1,3,5,8H2/t11-/m0/s1. The number of carbonyl (C=O) groups excluding carboxylic acids is 1. The maximum absolute atomic E-state index is 13.0. The van der Waals surface area contributed by atoms with Gasteiger partial charge in [0.05, 0.1) is 29.7 Å². The Bertz CT molecular complexity index is 690. The summed E-state index contributed by atoms with van der Waals surface area (Å²) < 4.78 is 46.4. The number of fused-ring (bicyclic) bond motifs is 1. The second-order valence-electron chi connectivity index (χ2n) is 5.30. The van der Waals surface area contributed by atoms with Crippen molar-refractivity contribution >= 4 is 17.6 Å². The van der Waals surface area contributed by atoms with Crippen molar-refractivity contribution in [2.75, 3.05) is 6.54 Å². The lowest BCUT2D eigenvalue weighted by Crippen LogP contribution is -2.43. The monoisotopic (exact) mass is 342 g/mol. The fourth-order valence-electron chi connectivity index (χ4n) is 2.81. The fourth-order valence-corrected chi connectivity index (χ4v) is 3.22. The number of pyridine rings is 1. The summed E-state index contributed by atoms with van der Waals surface area (Å²) in [6, 6.07) is 2.90. The highest BCUT2D eigenvalue weighted by Crippen LogP contribution is 2.35. The number of aryl methyl sites for hydroxylation is 1. The lowest BCUT2D eigenvalue weighted by atomic mass is 9.90. The molecule has 0 N–H and O–H groups in total. The molecule has 1 atom stereocenters. The van der Waals surface area contributed by atoms with Gasteiger partial charge in [0, 0.05) is 6.20 Å². The predicted molar refractivity (Wildman–Crippen MR) is 76.9 cm³/mol. The molecule has 1 aliphatic rings. The normalized spacial score (nSPS) is 17.6. The highest BCUT2D eigenvalue weighted by Gasteiger charge is 2.39. The van der Waals surface area contributed by atoms with Crippen LogP contribution in [0.1, 0.15) is 40.6 Å². The zero-order valence-corrected chi connectivity index (χ0v) is 12.8. The van der Waals surface area contributed by atoms with Gasteiger partial charge in [-0.2, -0.15) is 21.9 Å². The third-order valence-electron chi connectivity index (χ3n) is 3.73. The first-order valence-corrected chi connectivity index (χ1v) is 7.78. The number of amides is 1. The smallest absolute Gasteiger partial charge is 0.319 e. The molecule has 1 amide bonds. The Balaban J connectivity index is 1.97. The van der Waals surface area contributed by atoms with Crippen molar-refractivity contribution in [3.05, 3.63) is 41.5 Å². The van der Waals surface area contributed by atoms with Crippen LogP contribution in [0.4, 0.5) is 13.2 Å². The Morgan fingerprint density at radius 1 is 1.43 bits per heavy atom. The fraction of sp³-hybridized carbons (Fsp3) is 0.429. The topological polar surface area (TPSA) is 59.0 Å². The summed E-state index contributed by atoms with van der Waals surface area (Å²) in [5.74, 6) is -0.764. The van der Waals surface area contributed by atoms with E-state index >= 15 is 0 Å². The van der Waals surface area contributed by atoms with Gasteiger partial charge in [-0.05, 0) is 30.9 Å². The first kappa shape index (κ1) is 15.9. The van der Waals surface area contributed by atoms with Crippen molar-refractivity contribution in [3.63, 3.8) is 0 Å². The van der Waals surface area contributed by atoms with E-state index in [-0.39, 0.29) is 5.69 Å². The predicted octanol–water partition coefficient (Wildman–Crippen LogP) is 3.02. The van der Waals surface area contributed by atoms with Crippen LogP contribution in [0.2, 0.25) is 0 Å². The molecule has 0 fully saturated rings. The molecule has 0 spiro atoms. The molecule has 1 aliphatic carbocycles. The minimum Gasteiger partial charge on any atom is -0.319 e. The highest BCUT2D eigenvalue weighted by atomic mass is 32.1. The molecule has 0 saturated heterocycles. The van der Waals surface area contributed by atoms with Crippen LogP contribution in [0.5, 0.6) is 0 Å². The molecule has 122 valence electrons. The molecule has 2 aromatic heterocycles. The van der Waals surface area contributed by atoms with Crippen molar-refractivity contribution in [1.29, 1.82) is 0 Å². The molecule has 0 unspecified atom stereocenters. The van der Waals surface area contributed by atoms with Crippen LogP contribution < -0.4 is 0 Å². The van der Waals surface area contributed by atoms with Crippen molar-refractivity contribution in [2.24, 2.45) is 0 Å². The van der Waals surface area contributed by atoms with Crippen molar-refractivity contribution in [1.82, 2.24) is 18.6 Å². The molecule has 0 radical (unpaired) electrons. The summed E-state index contributed by atoms with van der Waals surface area (Å²) in [6.07, 6.45) is 0.150. The SMILES string of the molecule is O=C(c1cnsn1)N(CC(F)(F)F)[C@H]1CCCc2cccnc21. The summed E-state index contributed by atoms with van der Waals surface area (Å²) in [6.45, 7) is -1.33. The lowest BCUT2D eigenvalue weighted by Gasteiger charge is -2.35. The zero-order chi connectivity index (χ0) is 16.4. The van der Waals surface area contributed by atoms with E-state index in [4.69, 9.17) is 0 Å². The molecule has 2 aromatic rings. The molecule has 0 saturated carbocycles. The van der Waals surface area contributed by atoms with Gasteiger partial charge in [0.15, 0.2) is 5.69 Å². The first-order valence-electron chi connectivity index (χ1n) is 7.05. The Morgan fingerprint density at radius 3 is 2.96 bits per heavy atom. The largest absolute Gasteiger partial charge is 0.406 e. The van der Waals surface area contributed by atoms with Gasteiger partial charge in [0.1, 0.15) is 6.54 Å². The van der Waals surface area contributed by atoms with Crippen LogP contribution in [0.3, 0.4) is 0 Å². The second-order valence-corrected chi connectivity index (χ2v) is 5.85. The molecule has 0 aromatic carbocycles. The Hall–Kier alpha value is -2.03. The van der Waals surface area contributed by atoms with Crippen molar-refractivity contribution < 1.29 is 18.0 Å². The third kappa shape index (κ3) is 3.49. The number of halogens is 3. The number of carbonyl (C=O) groups is 1. The van der Waals surface area contributed by atoms with E-state index in [0.717, 1.165) is 28.6 Å². The molecule has 0 bridgehead atoms. The van der Waals surface area contributed by atoms with E-state index in [0.29, 0.717) is 18.5 Å². The van der Waals surface area contributed by atoms with E-state index in [1.807, 2.05) is 6.07 Å². The molecule has 9 heteroatoms. The summed E-state index contributed by atoms with van der Waals surface area (Å²) in [4.78, 5) is 17.5.